The molecule has 4 aliphatic rings. The van der Waals surface area contributed by atoms with Gasteiger partial charge in [-0.1, -0.05) is 0 Å². The highest BCUT2D eigenvalue weighted by atomic mass is 16.5. The quantitative estimate of drug-likeness (QED) is 0.646. The lowest BCUT2D eigenvalue weighted by Gasteiger charge is -2.46. The molecule has 0 aromatic rings. The minimum absolute atomic E-state index is 0.0570. The fraction of sp³-hybridized carbons (Fsp3) is 0.909. The standard InChI is InChI=1S/C22H37N3O6/c1-23-6-8-24(9-7-23)21(27)12-18-2-3-19-20(31-18)15-30-14-17(26)13-25(19)22(28)16-4-10-29-11-5-16/h16-20,26H,2-15H2,1H3/t17-,18+,19-,20+/m0/s1. The van der Waals surface area contributed by atoms with E-state index in [4.69, 9.17) is 14.2 Å². The second kappa shape index (κ2) is 10.6. The number of rotatable bonds is 3. The van der Waals surface area contributed by atoms with Gasteiger partial charge in [0.05, 0.1) is 37.9 Å². The highest BCUT2D eigenvalue weighted by molar-refractivity contribution is 5.79. The van der Waals surface area contributed by atoms with Gasteiger partial charge in [-0.2, -0.15) is 0 Å². The molecule has 4 rings (SSSR count). The predicted octanol–water partition coefficient (Wildman–Crippen LogP) is -0.287. The van der Waals surface area contributed by atoms with Crippen molar-refractivity contribution < 1.29 is 28.9 Å². The second-order valence-electron chi connectivity index (χ2n) is 9.40. The van der Waals surface area contributed by atoms with Crippen molar-refractivity contribution in [3.63, 3.8) is 0 Å². The number of likely N-dealkylation sites (N-methyl/N-ethyl adjacent to an activating group) is 1. The number of aliphatic hydroxyl groups excluding tert-OH is 1. The van der Waals surface area contributed by atoms with Crippen LogP contribution in [0.3, 0.4) is 0 Å². The van der Waals surface area contributed by atoms with Crippen LogP contribution in [0.4, 0.5) is 0 Å². The molecule has 4 saturated heterocycles. The van der Waals surface area contributed by atoms with Gasteiger partial charge < -0.3 is 34.0 Å². The van der Waals surface area contributed by atoms with Crippen molar-refractivity contribution in [1.82, 2.24) is 14.7 Å². The van der Waals surface area contributed by atoms with Crippen molar-refractivity contribution in [3.8, 4) is 0 Å². The van der Waals surface area contributed by atoms with Gasteiger partial charge in [-0.3, -0.25) is 9.59 Å². The number of β-amino-alcohol motifs (C(OH)–C–C–N with tert-alkyl or cyclic N) is 1. The maximum Gasteiger partial charge on any atom is 0.226 e. The Balaban J connectivity index is 1.38. The lowest BCUT2D eigenvalue weighted by molar-refractivity contribution is -0.174. The number of hydrogen-bond acceptors (Lipinski definition) is 7. The molecule has 4 fully saturated rings. The number of nitrogens with zero attached hydrogens (tertiary/aromatic N) is 3. The second-order valence-corrected chi connectivity index (χ2v) is 9.40. The zero-order valence-corrected chi connectivity index (χ0v) is 18.6. The monoisotopic (exact) mass is 439 g/mol. The highest BCUT2D eigenvalue weighted by Gasteiger charge is 2.42. The van der Waals surface area contributed by atoms with Crippen molar-refractivity contribution in [2.45, 2.75) is 56.5 Å². The third kappa shape index (κ3) is 5.76. The fourth-order valence-corrected chi connectivity index (χ4v) is 5.15. The first-order valence-electron chi connectivity index (χ1n) is 11.8. The molecule has 4 aliphatic heterocycles. The summed E-state index contributed by atoms with van der Waals surface area (Å²) < 4.78 is 17.4. The number of piperazine rings is 1. The van der Waals surface area contributed by atoms with Gasteiger partial charge in [0.2, 0.25) is 11.8 Å². The fourth-order valence-electron chi connectivity index (χ4n) is 5.15. The lowest BCUT2D eigenvalue weighted by atomic mass is 9.91. The van der Waals surface area contributed by atoms with E-state index in [-0.39, 0.29) is 49.1 Å². The van der Waals surface area contributed by atoms with Crippen LogP contribution >= 0.6 is 0 Å². The van der Waals surface area contributed by atoms with Gasteiger partial charge in [0.1, 0.15) is 6.10 Å². The summed E-state index contributed by atoms with van der Waals surface area (Å²) in [6.45, 7) is 5.35. The Labute approximate surface area is 184 Å². The summed E-state index contributed by atoms with van der Waals surface area (Å²) in [6, 6.07) is -0.125. The molecule has 1 N–H and O–H groups in total. The van der Waals surface area contributed by atoms with E-state index in [1.165, 1.54) is 0 Å². The molecule has 0 radical (unpaired) electrons. The van der Waals surface area contributed by atoms with Crippen molar-refractivity contribution in [1.29, 1.82) is 0 Å². The molecule has 9 heteroatoms. The smallest absolute Gasteiger partial charge is 0.226 e. The molecule has 0 saturated carbocycles. The summed E-state index contributed by atoms with van der Waals surface area (Å²) in [5.41, 5.74) is 0. The van der Waals surface area contributed by atoms with Gasteiger partial charge in [0.25, 0.3) is 0 Å². The summed E-state index contributed by atoms with van der Waals surface area (Å²) in [6.07, 6.45) is 2.21. The molecule has 31 heavy (non-hydrogen) atoms. The number of aliphatic hydroxyl groups is 1. The van der Waals surface area contributed by atoms with Crippen LogP contribution in [0.25, 0.3) is 0 Å². The van der Waals surface area contributed by atoms with E-state index in [0.29, 0.717) is 26.2 Å². The van der Waals surface area contributed by atoms with Crippen LogP contribution in [0.5, 0.6) is 0 Å². The first kappa shape index (κ1) is 22.9. The third-order valence-electron chi connectivity index (χ3n) is 7.09. The molecule has 0 aromatic heterocycles. The van der Waals surface area contributed by atoms with Crippen molar-refractivity contribution in [3.05, 3.63) is 0 Å². The summed E-state index contributed by atoms with van der Waals surface area (Å²) in [7, 11) is 2.07. The Morgan fingerprint density at radius 3 is 2.45 bits per heavy atom. The maximum atomic E-state index is 13.3. The van der Waals surface area contributed by atoms with Crippen LogP contribution in [-0.2, 0) is 23.8 Å². The van der Waals surface area contributed by atoms with Gasteiger partial charge in [-0.25, -0.2) is 0 Å². The van der Waals surface area contributed by atoms with Crippen LogP contribution in [0.2, 0.25) is 0 Å². The van der Waals surface area contributed by atoms with E-state index in [9.17, 15) is 14.7 Å². The molecular formula is C22H37N3O6. The van der Waals surface area contributed by atoms with E-state index in [0.717, 1.165) is 51.9 Å². The van der Waals surface area contributed by atoms with Gasteiger partial charge >= 0.3 is 0 Å². The van der Waals surface area contributed by atoms with E-state index in [2.05, 4.69) is 11.9 Å². The first-order chi connectivity index (χ1) is 15.0. The van der Waals surface area contributed by atoms with Crippen molar-refractivity contribution in [2.24, 2.45) is 5.92 Å². The number of fused-ring (bicyclic) bond motifs is 1. The Hall–Kier alpha value is -1.26. The highest BCUT2D eigenvalue weighted by Crippen LogP contribution is 2.30. The number of carbonyl (C=O) groups excluding carboxylic acids is 2. The molecule has 176 valence electrons. The molecule has 0 unspecified atom stereocenters. The van der Waals surface area contributed by atoms with Crippen molar-refractivity contribution >= 4 is 11.8 Å². The molecule has 0 aromatic carbocycles. The summed E-state index contributed by atoms with van der Waals surface area (Å²) in [4.78, 5) is 32.1. The molecule has 0 spiro atoms. The largest absolute Gasteiger partial charge is 0.389 e. The Morgan fingerprint density at radius 2 is 1.71 bits per heavy atom. The van der Waals surface area contributed by atoms with Gasteiger partial charge in [-0.15, -0.1) is 0 Å². The Morgan fingerprint density at radius 1 is 0.968 bits per heavy atom. The minimum Gasteiger partial charge on any atom is -0.389 e. The van der Waals surface area contributed by atoms with E-state index in [1.54, 1.807) is 0 Å². The molecule has 9 nitrogen and oxygen atoms in total. The summed E-state index contributed by atoms with van der Waals surface area (Å²) in [5, 5.41) is 10.3. The minimum atomic E-state index is -0.693. The number of amides is 2. The zero-order chi connectivity index (χ0) is 21.8. The van der Waals surface area contributed by atoms with E-state index < -0.39 is 6.10 Å². The van der Waals surface area contributed by atoms with Crippen LogP contribution in [0, 0.1) is 5.92 Å². The van der Waals surface area contributed by atoms with Crippen LogP contribution in [-0.4, -0.2) is 122 Å². The zero-order valence-electron chi connectivity index (χ0n) is 18.6. The average molecular weight is 440 g/mol. The van der Waals surface area contributed by atoms with Crippen LogP contribution in [0.1, 0.15) is 32.1 Å². The normalized spacial score (nSPS) is 34.0. The number of ether oxygens (including phenoxy) is 3. The van der Waals surface area contributed by atoms with Gasteiger partial charge in [-0.05, 0) is 32.7 Å². The topological polar surface area (TPSA) is 91.8 Å². The molecule has 4 heterocycles. The Kier molecular flexibility index (Phi) is 7.81. The van der Waals surface area contributed by atoms with Crippen LogP contribution < -0.4 is 0 Å². The van der Waals surface area contributed by atoms with E-state index >= 15 is 0 Å². The molecule has 2 amide bonds. The SMILES string of the molecule is CN1CCN(C(=O)C[C@H]2CC[C@H]3[C@@H](COC[C@@H](O)CN3C(=O)C3CCOCC3)O2)CC1. The Bertz CT molecular complexity index is 620. The summed E-state index contributed by atoms with van der Waals surface area (Å²) >= 11 is 0. The van der Waals surface area contributed by atoms with E-state index in [1.807, 2.05) is 9.80 Å². The van der Waals surface area contributed by atoms with Gasteiger partial charge in [0, 0.05) is 51.9 Å². The predicted molar refractivity (Wildman–Crippen MR) is 112 cm³/mol. The number of carbonyl (C=O) groups is 2. The third-order valence-corrected chi connectivity index (χ3v) is 7.09. The maximum absolute atomic E-state index is 13.3. The van der Waals surface area contributed by atoms with Gasteiger partial charge in [0.15, 0.2) is 0 Å². The molecule has 4 atom stereocenters. The molecular weight excluding hydrogens is 402 g/mol. The van der Waals surface area contributed by atoms with Crippen LogP contribution in [0.15, 0.2) is 0 Å². The average Bonchev–Trinajstić information content (AvgIpc) is 2.77. The summed E-state index contributed by atoms with van der Waals surface area (Å²) in [5.74, 6) is 0.183. The first-order valence-corrected chi connectivity index (χ1v) is 11.8. The molecule has 0 bridgehead atoms. The number of hydrogen-bond donors (Lipinski definition) is 1. The molecule has 0 aliphatic carbocycles. The lowest BCUT2D eigenvalue weighted by Crippen LogP contribution is -2.59. The van der Waals surface area contributed by atoms with Crippen molar-refractivity contribution in [2.75, 3.05) is 66.2 Å².